The van der Waals surface area contributed by atoms with Gasteiger partial charge in [0.05, 0.1) is 32.1 Å². The molecule has 0 saturated heterocycles. The SMILES string of the molecule is C#CC(C)(C)COCc1c(C(C)C)nc(C(C)C)c(/C=C/C(O)CC(=O)CC(=O)OC)c1-c1ccc(F)cc1. The number of terminal acetylenes is 1. The van der Waals surface area contributed by atoms with E-state index in [1.807, 2.05) is 27.7 Å². The zero-order valence-corrected chi connectivity index (χ0v) is 24.0. The van der Waals surface area contributed by atoms with Crippen molar-refractivity contribution in [3.63, 3.8) is 0 Å². The molecule has 0 aliphatic carbocycles. The summed E-state index contributed by atoms with van der Waals surface area (Å²) in [5.74, 6) is 1.40. The van der Waals surface area contributed by atoms with E-state index in [4.69, 9.17) is 16.1 Å². The van der Waals surface area contributed by atoms with Crippen molar-refractivity contribution < 1.29 is 28.6 Å². The van der Waals surface area contributed by atoms with Gasteiger partial charge in [0.25, 0.3) is 0 Å². The molecule has 0 amide bonds. The summed E-state index contributed by atoms with van der Waals surface area (Å²) in [6.07, 6.45) is 7.16. The van der Waals surface area contributed by atoms with E-state index in [2.05, 4.69) is 24.5 Å². The lowest BCUT2D eigenvalue weighted by Gasteiger charge is -2.25. The number of hydrogen-bond donors (Lipinski definition) is 1. The Balaban J connectivity index is 2.69. The summed E-state index contributed by atoms with van der Waals surface area (Å²) < 4.78 is 24.6. The standard InChI is InChI=1S/C32H40FNO5/c1-9-32(6,7)19-39-18-27-29(22-10-12-23(33)13-11-22)26(30(20(2)3)34-31(27)21(4)5)15-14-24(35)16-25(36)17-28(37)38-8/h1,10-15,20-21,24,35H,16-19H2,2-8H3/b15-14+. The number of Topliss-reactive ketones (excluding diaryl/α,β-unsaturated/α-hetero) is 1. The predicted octanol–water partition coefficient (Wildman–Crippen LogP) is 6.21. The molecule has 1 N–H and O–H groups in total. The minimum atomic E-state index is -1.12. The third-order valence-corrected chi connectivity index (χ3v) is 6.21. The number of ether oxygens (including phenoxy) is 2. The van der Waals surface area contributed by atoms with E-state index in [1.165, 1.54) is 25.3 Å². The van der Waals surface area contributed by atoms with E-state index in [1.54, 1.807) is 18.2 Å². The van der Waals surface area contributed by atoms with Crippen molar-refractivity contribution in [1.29, 1.82) is 0 Å². The van der Waals surface area contributed by atoms with Crippen LogP contribution < -0.4 is 0 Å². The van der Waals surface area contributed by atoms with Crippen molar-refractivity contribution >= 4 is 17.8 Å². The van der Waals surface area contributed by atoms with Gasteiger partial charge in [0, 0.05) is 28.7 Å². The Morgan fingerprint density at radius 3 is 2.28 bits per heavy atom. The first kappa shape index (κ1) is 31.9. The molecule has 0 aliphatic heterocycles. The Morgan fingerprint density at radius 1 is 1.13 bits per heavy atom. The average Bonchev–Trinajstić information content (AvgIpc) is 2.87. The molecule has 0 radical (unpaired) electrons. The number of esters is 1. The van der Waals surface area contributed by atoms with Crippen molar-refractivity contribution in [3.05, 3.63) is 58.7 Å². The van der Waals surface area contributed by atoms with Crippen molar-refractivity contribution in [3.8, 4) is 23.5 Å². The van der Waals surface area contributed by atoms with Crippen LogP contribution in [0.15, 0.2) is 30.3 Å². The van der Waals surface area contributed by atoms with Crippen molar-refractivity contribution in [2.24, 2.45) is 5.41 Å². The lowest BCUT2D eigenvalue weighted by molar-refractivity contribution is -0.143. The van der Waals surface area contributed by atoms with Crippen LogP contribution in [0.3, 0.4) is 0 Å². The molecule has 7 heteroatoms. The number of carbonyl (C=O) groups is 2. The normalized spacial score (nSPS) is 12.7. The average molecular weight is 538 g/mol. The third-order valence-electron chi connectivity index (χ3n) is 6.21. The van der Waals surface area contributed by atoms with Crippen molar-refractivity contribution in [2.45, 2.75) is 78.9 Å². The van der Waals surface area contributed by atoms with Crippen LogP contribution in [0.5, 0.6) is 0 Å². The van der Waals surface area contributed by atoms with E-state index >= 15 is 0 Å². The smallest absolute Gasteiger partial charge is 0.313 e. The fourth-order valence-corrected chi connectivity index (χ4v) is 4.12. The van der Waals surface area contributed by atoms with Gasteiger partial charge in [0.1, 0.15) is 18.0 Å². The monoisotopic (exact) mass is 537 g/mol. The second-order valence-corrected chi connectivity index (χ2v) is 10.9. The van der Waals surface area contributed by atoms with Crippen LogP contribution in [0.1, 0.15) is 88.7 Å². The zero-order chi connectivity index (χ0) is 29.3. The Kier molecular flexibility index (Phi) is 11.6. The number of aliphatic hydroxyl groups is 1. The molecule has 210 valence electrons. The number of aromatic nitrogens is 1. The third kappa shape index (κ3) is 9.12. The highest BCUT2D eigenvalue weighted by Gasteiger charge is 2.24. The Hall–Kier alpha value is -3.34. The predicted molar refractivity (Wildman–Crippen MR) is 151 cm³/mol. The summed E-state index contributed by atoms with van der Waals surface area (Å²) in [5.41, 5.74) is 4.40. The van der Waals surface area contributed by atoms with Gasteiger partial charge in [-0.25, -0.2) is 4.39 Å². The highest BCUT2D eigenvalue weighted by atomic mass is 19.1. The van der Waals surface area contributed by atoms with Gasteiger partial charge < -0.3 is 14.6 Å². The maximum Gasteiger partial charge on any atom is 0.313 e. The second-order valence-electron chi connectivity index (χ2n) is 10.9. The molecule has 0 spiro atoms. The zero-order valence-electron chi connectivity index (χ0n) is 24.0. The van der Waals surface area contributed by atoms with E-state index in [0.29, 0.717) is 6.61 Å². The number of aliphatic hydroxyl groups excluding tert-OH is 1. The highest BCUT2D eigenvalue weighted by Crippen LogP contribution is 2.38. The summed E-state index contributed by atoms with van der Waals surface area (Å²) in [6.45, 7) is 12.6. The first-order valence-electron chi connectivity index (χ1n) is 13.1. The summed E-state index contributed by atoms with van der Waals surface area (Å²) >= 11 is 0. The Bertz CT molecular complexity index is 1220. The molecule has 1 heterocycles. The highest BCUT2D eigenvalue weighted by molar-refractivity contribution is 5.95. The summed E-state index contributed by atoms with van der Waals surface area (Å²) in [4.78, 5) is 28.6. The van der Waals surface area contributed by atoms with Gasteiger partial charge in [-0.1, -0.05) is 57.9 Å². The quantitative estimate of drug-likeness (QED) is 0.186. The minimum Gasteiger partial charge on any atom is -0.469 e. The van der Waals surface area contributed by atoms with Crippen molar-refractivity contribution in [1.82, 2.24) is 4.98 Å². The van der Waals surface area contributed by atoms with Gasteiger partial charge in [-0.2, -0.15) is 0 Å². The van der Waals surface area contributed by atoms with Gasteiger partial charge in [0.2, 0.25) is 0 Å². The topological polar surface area (TPSA) is 85.7 Å². The number of methoxy groups -OCH3 is 1. The fourth-order valence-electron chi connectivity index (χ4n) is 4.12. The van der Waals surface area contributed by atoms with Gasteiger partial charge in [-0.05, 0) is 48.9 Å². The van der Waals surface area contributed by atoms with E-state index in [9.17, 15) is 19.1 Å². The number of pyridine rings is 1. The number of ketones is 1. The number of rotatable bonds is 13. The molecule has 1 aromatic heterocycles. The maximum atomic E-state index is 13.9. The molecule has 0 bridgehead atoms. The first-order valence-corrected chi connectivity index (χ1v) is 13.1. The molecule has 1 atom stereocenters. The van der Waals surface area contributed by atoms with E-state index < -0.39 is 29.7 Å². The molecule has 0 fully saturated rings. The first-order chi connectivity index (χ1) is 18.3. The Labute approximate surface area is 231 Å². The minimum absolute atomic E-state index is 0.0230. The van der Waals surface area contributed by atoms with Crippen LogP contribution in [0.25, 0.3) is 17.2 Å². The van der Waals surface area contributed by atoms with Crippen LogP contribution in [0, 0.1) is 23.6 Å². The molecule has 2 rings (SSSR count). The van der Waals surface area contributed by atoms with Crippen molar-refractivity contribution in [2.75, 3.05) is 13.7 Å². The molecular weight excluding hydrogens is 497 g/mol. The van der Waals surface area contributed by atoms with Crippen LogP contribution in [0.4, 0.5) is 4.39 Å². The number of hydrogen-bond acceptors (Lipinski definition) is 6. The number of halogens is 1. The van der Waals surface area contributed by atoms with Crippen LogP contribution in [0.2, 0.25) is 0 Å². The summed E-state index contributed by atoms with van der Waals surface area (Å²) in [6, 6.07) is 6.22. The Morgan fingerprint density at radius 2 is 1.74 bits per heavy atom. The van der Waals surface area contributed by atoms with Gasteiger partial charge >= 0.3 is 5.97 Å². The fraction of sp³-hybridized carbons (Fsp3) is 0.469. The van der Waals surface area contributed by atoms with Crippen LogP contribution in [-0.2, 0) is 25.7 Å². The molecule has 0 saturated carbocycles. The number of nitrogens with zero attached hydrogens (tertiary/aromatic N) is 1. The number of carbonyl (C=O) groups excluding carboxylic acids is 2. The molecule has 1 aromatic carbocycles. The van der Waals surface area contributed by atoms with Crippen LogP contribution >= 0.6 is 0 Å². The lowest BCUT2D eigenvalue weighted by atomic mass is 9.87. The second kappa shape index (κ2) is 14.2. The molecule has 2 aromatic rings. The molecule has 0 aliphatic rings. The van der Waals surface area contributed by atoms with Crippen LogP contribution in [-0.4, -0.2) is 41.7 Å². The van der Waals surface area contributed by atoms with Gasteiger partial charge in [-0.15, -0.1) is 6.42 Å². The lowest BCUT2D eigenvalue weighted by Crippen LogP contribution is -2.18. The van der Waals surface area contributed by atoms with E-state index in [-0.39, 0.29) is 30.7 Å². The van der Waals surface area contributed by atoms with Gasteiger partial charge in [0.15, 0.2) is 0 Å². The number of benzene rings is 1. The van der Waals surface area contributed by atoms with E-state index in [0.717, 1.165) is 33.6 Å². The summed E-state index contributed by atoms with van der Waals surface area (Å²) in [5, 5.41) is 10.6. The van der Waals surface area contributed by atoms with Gasteiger partial charge in [-0.3, -0.25) is 14.6 Å². The molecule has 39 heavy (non-hydrogen) atoms. The molecular formula is C32H40FNO5. The maximum absolute atomic E-state index is 13.9. The molecule has 6 nitrogen and oxygen atoms in total. The largest absolute Gasteiger partial charge is 0.469 e. The summed E-state index contributed by atoms with van der Waals surface area (Å²) in [7, 11) is 1.21. The molecule has 1 unspecified atom stereocenters.